The van der Waals surface area contributed by atoms with Crippen LogP contribution in [-0.4, -0.2) is 37.8 Å². The molecule has 3 saturated carbocycles. The number of aliphatic hydroxyl groups is 1. The molecule has 0 amide bonds. The van der Waals surface area contributed by atoms with Crippen molar-refractivity contribution in [2.75, 3.05) is 6.26 Å². The molecule has 3 fully saturated rings. The fraction of sp³-hybridized carbons (Fsp3) is 0.864. The number of hydrogen-bond donors (Lipinski definition) is 1. The molecule has 0 heterocycles. The van der Waals surface area contributed by atoms with Crippen molar-refractivity contribution in [1.82, 2.24) is 0 Å². The van der Waals surface area contributed by atoms with Crippen LogP contribution in [-0.2, 0) is 19.1 Å². The normalized spacial score (nSPS) is 48.2. The lowest BCUT2D eigenvalue weighted by atomic mass is 9.46. The molecule has 158 valence electrons. The second-order valence-corrected chi connectivity index (χ2v) is 11.9. The van der Waals surface area contributed by atoms with E-state index in [0.29, 0.717) is 36.4 Å². The Labute approximate surface area is 169 Å². The summed E-state index contributed by atoms with van der Waals surface area (Å²) in [6.07, 6.45) is 8.32. The van der Waals surface area contributed by atoms with E-state index >= 15 is 0 Å². The van der Waals surface area contributed by atoms with E-state index in [1.807, 2.05) is 0 Å². The third kappa shape index (κ3) is 3.02. The van der Waals surface area contributed by atoms with E-state index < -0.39 is 22.3 Å². The summed E-state index contributed by atoms with van der Waals surface area (Å²) in [5, 5.41) is 10.4. The van der Waals surface area contributed by atoms with Crippen LogP contribution in [0.2, 0.25) is 0 Å². The van der Waals surface area contributed by atoms with Gasteiger partial charge in [0, 0.05) is 17.8 Å². The smallest absolute Gasteiger partial charge is 0.264 e. The number of hydrogen-bond acceptors (Lipinski definition) is 5. The van der Waals surface area contributed by atoms with Gasteiger partial charge in [0.15, 0.2) is 0 Å². The highest BCUT2D eigenvalue weighted by atomic mass is 32.2. The van der Waals surface area contributed by atoms with Gasteiger partial charge in [-0.3, -0.25) is 8.98 Å². The fourth-order valence-electron chi connectivity index (χ4n) is 7.69. The average Bonchev–Trinajstić information content (AvgIpc) is 2.92. The van der Waals surface area contributed by atoms with E-state index in [1.165, 1.54) is 5.57 Å². The average molecular weight is 411 g/mol. The second kappa shape index (κ2) is 6.64. The lowest BCUT2D eigenvalue weighted by Crippen LogP contribution is -2.56. The van der Waals surface area contributed by atoms with Gasteiger partial charge in [0.25, 0.3) is 10.1 Å². The zero-order valence-electron chi connectivity index (χ0n) is 17.5. The second-order valence-electron chi connectivity index (χ2n) is 10.3. The van der Waals surface area contributed by atoms with Crippen molar-refractivity contribution >= 4 is 15.9 Å². The molecule has 1 N–H and O–H groups in total. The summed E-state index contributed by atoms with van der Waals surface area (Å²) in [7, 11) is -3.61. The maximum atomic E-state index is 12.3. The molecule has 0 saturated heterocycles. The van der Waals surface area contributed by atoms with E-state index in [9.17, 15) is 18.3 Å². The third-order valence-electron chi connectivity index (χ3n) is 8.93. The number of carbonyl (C=O) groups excluding carboxylic acids is 1. The van der Waals surface area contributed by atoms with E-state index in [0.717, 1.165) is 38.4 Å². The number of aliphatic hydroxyl groups excluding tert-OH is 1. The van der Waals surface area contributed by atoms with Crippen molar-refractivity contribution in [2.24, 2.45) is 34.5 Å². The van der Waals surface area contributed by atoms with Crippen LogP contribution >= 0.6 is 0 Å². The van der Waals surface area contributed by atoms with Crippen LogP contribution in [0.4, 0.5) is 0 Å². The van der Waals surface area contributed by atoms with Crippen molar-refractivity contribution in [2.45, 2.75) is 77.9 Å². The largest absolute Gasteiger partial charge is 0.393 e. The highest BCUT2D eigenvalue weighted by molar-refractivity contribution is 7.86. The molecular weight excluding hydrogens is 376 g/mol. The Morgan fingerprint density at radius 1 is 1.21 bits per heavy atom. The summed E-state index contributed by atoms with van der Waals surface area (Å²) in [5.74, 6) is 1.78. The quantitative estimate of drug-likeness (QED) is 0.569. The van der Waals surface area contributed by atoms with Gasteiger partial charge in [-0.25, -0.2) is 0 Å². The highest BCUT2D eigenvalue weighted by Crippen LogP contribution is 2.66. The summed E-state index contributed by atoms with van der Waals surface area (Å²) in [6.45, 7) is 6.21. The maximum absolute atomic E-state index is 12.3. The van der Waals surface area contributed by atoms with Crippen molar-refractivity contribution in [3.05, 3.63) is 11.6 Å². The van der Waals surface area contributed by atoms with Gasteiger partial charge in [-0.1, -0.05) is 25.5 Å². The van der Waals surface area contributed by atoms with E-state index in [-0.39, 0.29) is 16.7 Å². The minimum absolute atomic E-state index is 0.0655. The summed E-state index contributed by atoms with van der Waals surface area (Å²) >= 11 is 0. The zero-order chi connectivity index (χ0) is 20.5. The molecule has 4 rings (SSSR count). The van der Waals surface area contributed by atoms with Gasteiger partial charge < -0.3 is 5.11 Å². The number of allylic oxidation sites excluding steroid dienone is 1. The van der Waals surface area contributed by atoms with Gasteiger partial charge in [0.2, 0.25) is 0 Å². The van der Waals surface area contributed by atoms with Gasteiger partial charge in [0.05, 0.1) is 18.5 Å². The molecule has 6 heteroatoms. The Balaban J connectivity index is 1.71. The first-order valence-electron chi connectivity index (χ1n) is 10.7. The van der Waals surface area contributed by atoms with E-state index in [1.54, 1.807) is 6.92 Å². The Morgan fingerprint density at radius 3 is 2.57 bits per heavy atom. The Bertz CT molecular complexity index is 802. The Hall–Kier alpha value is -0.720. The lowest BCUT2D eigenvalue weighted by Gasteiger charge is -2.59. The molecule has 0 aromatic heterocycles. The predicted molar refractivity (Wildman–Crippen MR) is 107 cm³/mol. The van der Waals surface area contributed by atoms with Crippen LogP contribution in [0.5, 0.6) is 0 Å². The van der Waals surface area contributed by atoms with Gasteiger partial charge >= 0.3 is 0 Å². The molecule has 8 atom stereocenters. The molecule has 5 nitrogen and oxygen atoms in total. The number of rotatable bonds is 3. The zero-order valence-corrected chi connectivity index (χ0v) is 18.3. The minimum atomic E-state index is -3.61. The first-order chi connectivity index (χ1) is 13.0. The summed E-state index contributed by atoms with van der Waals surface area (Å²) in [5.41, 5.74) is 0.877. The standard InChI is InChI=1S/C22H34O5S/c1-13(23)17-7-8-18-16-6-5-14-11-15(24)12-20(27-28(4,25)26)22(14,3)19(16)9-10-21(17,18)2/h5,15-20,24H,6-12H2,1-4H3/t15-,16?,17+,18?,19?,20?,21+,22-/m0/s1. The van der Waals surface area contributed by atoms with Crippen LogP contribution in [0.3, 0.4) is 0 Å². The molecule has 4 aliphatic carbocycles. The maximum Gasteiger partial charge on any atom is 0.264 e. The molecule has 4 aliphatic rings. The van der Waals surface area contributed by atoms with Gasteiger partial charge in [-0.2, -0.15) is 8.42 Å². The van der Waals surface area contributed by atoms with Gasteiger partial charge in [-0.05, 0) is 68.6 Å². The van der Waals surface area contributed by atoms with Gasteiger partial charge in [-0.15, -0.1) is 0 Å². The van der Waals surface area contributed by atoms with Crippen LogP contribution in [0.25, 0.3) is 0 Å². The molecule has 0 aromatic carbocycles. The molecule has 0 aliphatic heterocycles. The van der Waals surface area contributed by atoms with Crippen molar-refractivity contribution < 1.29 is 22.5 Å². The summed E-state index contributed by atoms with van der Waals surface area (Å²) < 4.78 is 29.5. The van der Waals surface area contributed by atoms with Crippen LogP contribution in [0, 0.1) is 34.5 Å². The van der Waals surface area contributed by atoms with Crippen molar-refractivity contribution in [3.63, 3.8) is 0 Å². The Kier molecular flexibility index (Phi) is 4.88. The number of Topliss-reactive ketones (excluding diaryl/α,β-unsaturated/α-hetero) is 1. The fourth-order valence-corrected chi connectivity index (χ4v) is 8.39. The number of carbonyl (C=O) groups is 1. The molecule has 0 spiro atoms. The first-order valence-corrected chi connectivity index (χ1v) is 12.5. The predicted octanol–water partition coefficient (Wildman–Crippen LogP) is 3.47. The van der Waals surface area contributed by atoms with Crippen LogP contribution < -0.4 is 0 Å². The topological polar surface area (TPSA) is 80.7 Å². The Morgan fingerprint density at radius 2 is 1.93 bits per heavy atom. The summed E-state index contributed by atoms with van der Waals surface area (Å²) in [6, 6.07) is 0. The van der Waals surface area contributed by atoms with Crippen LogP contribution in [0.15, 0.2) is 11.6 Å². The van der Waals surface area contributed by atoms with E-state index in [4.69, 9.17) is 4.18 Å². The lowest BCUT2D eigenvalue weighted by molar-refractivity contribution is -0.129. The number of fused-ring (bicyclic) bond motifs is 5. The molecule has 28 heavy (non-hydrogen) atoms. The molecular formula is C22H34O5S. The minimum Gasteiger partial charge on any atom is -0.393 e. The third-order valence-corrected chi connectivity index (χ3v) is 9.51. The monoisotopic (exact) mass is 410 g/mol. The molecule has 4 unspecified atom stereocenters. The van der Waals surface area contributed by atoms with Gasteiger partial charge in [0.1, 0.15) is 5.78 Å². The first kappa shape index (κ1) is 20.5. The highest BCUT2D eigenvalue weighted by Gasteiger charge is 2.61. The number of ketones is 1. The summed E-state index contributed by atoms with van der Waals surface area (Å²) in [4.78, 5) is 12.3. The van der Waals surface area contributed by atoms with Crippen molar-refractivity contribution in [1.29, 1.82) is 0 Å². The van der Waals surface area contributed by atoms with Crippen molar-refractivity contribution in [3.8, 4) is 0 Å². The SMILES string of the molecule is CC(=O)[C@H]1CCC2C3CC=C4C[C@H](O)CC(OS(C)(=O)=O)[C@]4(C)C3CC[C@@]21C. The van der Waals surface area contributed by atoms with E-state index in [2.05, 4.69) is 19.9 Å². The molecule has 0 aromatic rings. The molecule has 0 radical (unpaired) electrons. The molecule has 0 bridgehead atoms. The van der Waals surface area contributed by atoms with Crippen LogP contribution in [0.1, 0.15) is 65.7 Å².